The standard InChI is InChI=1S/C26H29N7O.ClH/c1-31-24-20(11-19(13-29-24)26(34)32-10-7-17-6-9-27-21(17)15-32)30-25(31)22-12-18-3-2-8-28-23(18)33(22)14-16-4-5-16;/h2-3,8,11-13,16-17,21,27H,4-7,9-10,14-15H2,1H3;1H/t17-,21-;/m1./s1. The van der Waals surface area contributed by atoms with Crippen LogP contribution in [0.5, 0.6) is 0 Å². The molecule has 2 atom stereocenters. The fraction of sp³-hybridized carbons (Fsp3) is 0.462. The van der Waals surface area contributed by atoms with Crippen LogP contribution in [0.1, 0.15) is 36.0 Å². The lowest BCUT2D eigenvalue weighted by molar-refractivity contribution is 0.0669. The second kappa shape index (κ2) is 8.60. The van der Waals surface area contributed by atoms with E-state index in [2.05, 4.69) is 32.0 Å². The van der Waals surface area contributed by atoms with Crippen LogP contribution in [0, 0.1) is 11.8 Å². The number of hydrogen-bond donors (Lipinski definition) is 1. The molecule has 2 saturated heterocycles. The number of nitrogens with one attached hydrogen (secondary N) is 1. The van der Waals surface area contributed by atoms with Crippen LogP contribution < -0.4 is 5.32 Å². The first-order valence-electron chi connectivity index (χ1n) is 12.5. The highest BCUT2D eigenvalue weighted by molar-refractivity contribution is 5.97. The maximum absolute atomic E-state index is 13.3. The monoisotopic (exact) mass is 491 g/mol. The van der Waals surface area contributed by atoms with Gasteiger partial charge in [-0.1, -0.05) is 0 Å². The Bertz CT molecular complexity index is 1420. The van der Waals surface area contributed by atoms with Crippen molar-refractivity contribution in [2.24, 2.45) is 18.9 Å². The topological polar surface area (TPSA) is 80.9 Å². The molecular weight excluding hydrogens is 462 g/mol. The van der Waals surface area contributed by atoms with Gasteiger partial charge in [-0.15, -0.1) is 12.4 Å². The lowest BCUT2D eigenvalue weighted by Crippen LogP contribution is -2.48. The summed E-state index contributed by atoms with van der Waals surface area (Å²) in [6.45, 7) is 3.63. The summed E-state index contributed by atoms with van der Waals surface area (Å²) in [4.78, 5) is 29.6. The number of piperidine rings is 1. The van der Waals surface area contributed by atoms with Crippen LogP contribution in [0.3, 0.4) is 0 Å². The molecule has 1 aliphatic carbocycles. The molecule has 9 heteroatoms. The van der Waals surface area contributed by atoms with Crippen molar-refractivity contribution in [3.63, 3.8) is 0 Å². The zero-order valence-electron chi connectivity index (χ0n) is 19.9. The minimum absolute atomic E-state index is 0. The van der Waals surface area contributed by atoms with E-state index in [1.807, 2.05) is 34.8 Å². The number of fused-ring (bicyclic) bond motifs is 3. The Morgan fingerprint density at radius 3 is 2.89 bits per heavy atom. The number of carbonyl (C=O) groups is 1. The Kier molecular flexibility index (Phi) is 5.53. The lowest BCUT2D eigenvalue weighted by atomic mass is 9.92. The number of aromatic nitrogens is 5. The molecule has 1 saturated carbocycles. The third-order valence-electron chi connectivity index (χ3n) is 7.94. The molecule has 7 rings (SSSR count). The van der Waals surface area contributed by atoms with E-state index in [1.165, 1.54) is 19.3 Å². The Morgan fingerprint density at radius 2 is 2.03 bits per heavy atom. The van der Waals surface area contributed by atoms with Gasteiger partial charge in [0.25, 0.3) is 5.91 Å². The molecule has 0 spiro atoms. The second-order valence-electron chi connectivity index (χ2n) is 10.2. The summed E-state index contributed by atoms with van der Waals surface area (Å²) < 4.78 is 4.34. The summed E-state index contributed by atoms with van der Waals surface area (Å²) in [7, 11) is 2.00. The molecule has 8 nitrogen and oxygen atoms in total. The molecule has 0 aromatic carbocycles. The highest BCUT2D eigenvalue weighted by Crippen LogP contribution is 2.36. The third kappa shape index (κ3) is 3.79. The summed E-state index contributed by atoms with van der Waals surface area (Å²) in [5.74, 6) is 2.34. The fourth-order valence-electron chi connectivity index (χ4n) is 5.84. The van der Waals surface area contributed by atoms with Crippen molar-refractivity contribution in [2.45, 2.75) is 38.3 Å². The van der Waals surface area contributed by atoms with Gasteiger partial charge in [0.05, 0.1) is 11.3 Å². The average Bonchev–Trinajstić information content (AvgIpc) is 3.29. The number of aryl methyl sites for hydroxylation is 1. The molecule has 3 aliphatic rings. The molecule has 1 N–H and O–H groups in total. The molecule has 0 unspecified atom stereocenters. The van der Waals surface area contributed by atoms with Gasteiger partial charge in [-0.2, -0.15) is 0 Å². The van der Waals surface area contributed by atoms with Gasteiger partial charge in [-0.3, -0.25) is 4.79 Å². The smallest absolute Gasteiger partial charge is 0.255 e. The van der Waals surface area contributed by atoms with E-state index < -0.39 is 0 Å². The van der Waals surface area contributed by atoms with Crippen LogP contribution in [-0.2, 0) is 13.6 Å². The summed E-state index contributed by atoms with van der Waals surface area (Å²) >= 11 is 0. The number of likely N-dealkylation sites (tertiary alicyclic amines) is 1. The SMILES string of the molecule is Cl.Cn1c(-c2cc3cccnc3n2CC2CC2)nc2cc(C(=O)N3CC[C@H]4CCN[C@@H]4C3)cnc21. The van der Waals surface area contributed by atoms with Crippen LogP contribution in [0.2, 0.25) is 0 Å². The molecule has 2 aliphatic heterocycles. The van der Waals surface area contributed by atoms with Crippen LogP contribution in [0.25, 0.3) is 33.7 Å². The molecule has 35 heavy (non-hydrogen) atoms. The molecule has 182 valence electrons. The molecule has 6 heterocycles. The molecular formula is C26H30ClN7O. The maximum atomic E-state index is 13.3. The van der Waals surface area contributed by atoms with Gasteiger partial charge >= 0.3 is 0 Å². The molecule has 4 aromatic rings. The van der Waals surface area contributed by atoms with Crippen molar-refractivity contribution >= 4 is 40.5 Å². The van der Waals surface area contributed by atoms with Crippen molar-refractivity contribution in [2.75, 3.05) is 19.6 Å². The largest absolute Gasteiger partial charge is 0.337 e. The minimum atomic E-state index is 0. The number of rotatable bonds is 4. The van der Waals surface area contributed by atoms with Gasteiger partial charge in [0.2, 0.25) is 0 Å². The number of carbonyl (C=O) groups excluding carboxylic acids is 1. The van der Waals surface area contributed by atoms with Crippen LogP contribution in [0.4, 0.5) is 0 Å². The summed E-state index contributed by atoms with van der Waals surface area (Å²) in [6.07, 6.45) is 8.42. The first kappa shape index (κ1) is 22.5. The number of halogens is 1. The zero-order chi connectivity index (χ0) is 22.8. The van der Waals surface area contributed by atoms with Crippen molar-refractivity contribution in [1.82, 2.24) is 34.3 Å². The van der Waals surface area contributed by atoms with E-state index in [1.54, 1.807) is 6.20 Å². The first-order valence-corrected chi connectivity index (χ1v) is 12.5. The van der Waals surface area contributed by atoms with E-state index >= 15 is 0 Å². The first-order chi connectivity index (χ1) is 16.7. The van der Waals surface area contributed by atoms with Gasteiger partial charge in [0.15, 0.2) is 11.5 Å². The molecule has 1 amide bonds. The molecule has 0 radical (unpaired) electrons. The molecule has 4 aromatic heterocycles. The van der Waals surface area contributed by atoms with E-state index in [0.29, 0.717) is 23.4 Å². The van der Waals surface area contributed by atoms with E-state index in [9.17, 15) is 4.79 Å². The summed E-state index contributed by atoms with van der Waals surface area (Å²) in [5.41, 5.74) is 4.23. The van der Waals surface area contributed by atoms with Gasteiger partial charge in [-0.05, 0) is 68.3 Å². The van der Waals surface area contributed by atoms with Crippen LogP contribution >= 0.6 is 12.4 Å². The zero-order valence-corrected chi connectivity index (χ0v) is 20.7. The van der Waals surface area contributed by atoms with Crippen LogP contribution in [-0.4, -0.2) is 60.6 Å². The van der Waals surface area contributed by atoms with Gasteiger partial charge in [0, 0.05) is 50.5 Å². The number of amides is 1. The third-order valence-corrected chi connectivity index (χ3v) is 7.94. The van der Waals surface area contributed by atoms with Crippen molar-refractivity contribution in [3.05, 3.63) is 42.2 Å². The van der Waals surface area contributed by atoms with E-state index in [4.69, 9.17) is 4.98 Å². The summed E-state index contributed by atoms with van der Waals surface area (Å²) in [6, 6.07) is 8.60. The lowest BCUT2D eigenvalue weighted by Gasteiger charge is -2.34. The number of nitrogens with zero attached hydrogens (tertiary/aromatic N) is 6. The Balaban J connectivity index is 0.00000229. The Labute approximate surface area is 210 Å². The fourth-order valence-corrected chi connectivity index (χ4v) is 5.84. The summed E-state index contributed by atoms with van der Waals surface area (Å²) in [5, 5.41) is 4.68. The van der Waals surface area contributed by atoms with Crippen LogP contribution in [0.15, 0.2) is 36.7 Å². The van der Waals surface area contributed by atoms with E-state index in [0.717, 1.165) is 66.3 Å². The number of pyridine rings is 2. The second-order valence-corrected chi connectivity index (χ2v) is 10.2. The quantitative estimate of drug-likeness (QED) is 0.471. The predicted octanol–water partition coefficient (Wildman–Crippen LogP) is 3.64. The van der Waals surface area contributed by atoms with Crippen molar-refractivity contribution in [1.29, 1.82) is 0 Å². The highest BCUT2D eigenvalue weighted by atomic mass is 35.5. The van der Waals surface area contributed by atoms with Gasteiger partial charge in [0.1, 0.15) is 11.2 Å². The highest BCUT2D eigenvalue weighted by Gasteiger charge is 2.35. The van der Waals surface area contributed by atoms with Crippen molar-refractivity contribution in [3.8, 4) is 11.5 Å². The van der Waals surface area contributed by atoms with Gasteiger partial charge < -0.3 is 19.4 Å². The number of hydrogen-bond acceptors (Lipinski definition) is 5. The molecule has 0 bridgehead atoms. The minimum Gasteiger partial charge on any atom is -0.337 e. The number of imidazole rings is 1. The molecule has 3 fully saturated rings. The van der Waals surface area contributed by atoms with Crippen molar-refractivity contribution < 1.29 is 4.79 Å². The maximum Gasteiger partial charge on any atom is 0.255 e. The van der Waals surface area contributed by atoms with E-state index in [-0.39, 0.29) is 18.3 Å². The average molecular weight is 492 g/mol. The Morgan fingerprint density at radius 1 is 1.14 bits per heavy atom. The Hall–Kier alpha value is -2.97. The predicted molar refractivity (Wildman–Crippen MR) is 138 cm³/mol. The van der Waals surface area contributed by atoms with Gasteiger partial charge in [-0.25, -0.2) is 15.0 Å². The normalized spacial score (nSPS) is 21.9.